The van der Waals surface area contributed by atoms with Crippen molar-refractivity contribution in [2.75, 3.05) is 20.1 Å². The Hall–Kier alpha value is -1.72. The number of amides is 3. The van der Waals surface area contributed by atoms with Crippen LogP contribution in [0.15, 0.2) is 0 Å². The SMILES string of the molecule is CN1CC(=O)N(CC=O)C(=O)CC1=O. The van der Waals surface area contributed by atoms with Crippen LogP contribution in [-0.2, 0) is 19.2 Å². The second-order valence-electron chi connectivity index (χ2n) is 2.99. The van der Waals surface area contributed by atoms with Crippen LogP contribution in [0.5, 0.6) is 0 Å². The molecule has 0 aromatic heterocycles. The second-order valence-corrected chi connectivity index (χ2v) is 2.99. The lowest BCUT2D eigenvalue weighted by Crippen LogP contribution is -2.39. The van der Waals surface area contributed by atoms with Crippen molar-refractivity contribution >= 4 is 24.0 Å². The van der Waals surface area contributed by atoms with Gasteiger partial charge in [0.05, 0.1) is 13.1 Å². The average molecular weight is 198 g/mol. The minimum Gasteiger partial charge on any atom is -0.336 e. The number of nitrogens with zero attached hydrogens (tertiary/aromatic N) is 2. The van der Waals surface area contributed by atoms with E-state index in [-0.39, 0.29) is 19.5 Å². The van der Waals surface area contributed by atoms with E-state index in [1.54, 1.807) is 0 Å². The molecular weight excluding hydrogens is 188 g/mol. The Bertz CT molecular complexity index is 300. The highest BCUT2D eigenvalue weighted by molar-refractivity contribution is 6.08. The molecule has 1 aliphatic rings. The van der Waals surface area contributed by atoms with Crippen LogP contribution in [0, 0.1) is 0 Å². The third-order valence-electron chi connectivity index (χ3n) is 1.96. The van der Waals surface area contributed by atoms with Crippen molar-refractivity contribution in [1.29, 1.82) is 0 Å². The zero-order chi connectivity index (χ0) is 10.7. The summed E-state index contributed by atoms with van der Waals surface area (Å²) in [6.45, 7) is -0.433. The molecule has 0 bridgehead atoms. The molecule has 6 nitrogen and oxygen atoms in total. The minimum atomic E-state index is -0.614. The summed E-state index contributed by atoms with van der Waals surface area (Å²) in [5, 5.41) is 0. The van der Waals surface area contributed by atoms with Crippen LogP contribution < -0.4 is 0 Å². The van der Waals surface area contributed by atoms with Gasteiger partial charge in [-0.15, -0.1) is 0 Å². The molecule has 1 saturated heterocycles. The van der Waals surface area contributed by atoms with Gasteiger partial charge in [-0.05, 0) is 0 Å². The number of carbonyl (C=O) groups excluding carboxylic acids is 4. The zero-order valence-electron chi connectivity index (χ0n) is 7.73. The smallest absolute Gasteiger partial charge is 0.249 e. The fourth-order valence-corrected chi connectivity index (χ4v) is 1.15. The van der Waals surface area contributed by atoms with Crippen LogP contribution >= 0.6 is 0 Å². The molecule has 0 unspecified atom stereocenters. The van der Waals surface area contributed by atoms with Gasteiger partial charge in [0.1, 0.15) is 12.7 Å². The van der Waals surface area contributed by atoms with Crippen molar-refractivity contribution < 1.29 is 19.2 Å². The van der Waals surface area contributed by atoms with E-state index in [9.17, 15) is 19.2 Å². The van der Waals surface area contributed by atoms with E-state index in [1.165, 1.54) is 11.9 Å². The number of imide groups is 1. The van der Waals surface area contributed by atoms with Crippen LogP contribution in [-0.4, -0.2) is 53.9 Å². The van der Waals surface area contributed by atoms with Gasteiger partial charge in [0.25, 0.3) is 0 Å². The summed E-state index contributed by atoms with van der Waals surface area (Å²) in [4.78, 5) is 45.9. The van der Waals surface area contributed by atoms with Gasteiger partial charge in [0, 0.05) is 7.05 Å². The van der Waals surface area contributed by atoms with Crippen molar-refractivity contribution in [1.82, 2.24) is 9.80 Å². The summed E-state index contributed by atoms with van der Waals surface area (Å²) in [5.74, 6) is -1.54. The first-order valence-electron chi connectivity index (χ1n) is 4.07. The van der Waals surface area contributed by atoms with Crippen molar-refractivity contribution in [3.05, 3.63) is 0 Å². The molecule has 1 heterocycles. The van der Waals surface area contributed by atoms with E-state index >= 15 is 0 Å². The van der Waals surface area contributed by atoms with Gasteiger partial charge in [-0.3, -0.25) is 19.3 Å². The molecule has 0 N–H and O–H groups in total. The standard InChI is InChI=1S/C8H10N2O4/c1-9-5-8(14)10(2-3-11)7(13)4-6(9)12/h3H,2,4-5H2,1H3. The maximum Gasteiger partial charge on any atom is 0.249 e. The first-order valence-corrected chi connectivity index (χ1v) is 4.07. The molecular formula is C8H10N2O4. The van der Waals surface area contributed by atoms with E-state index < -0.39 is 17.7 Å². The summed E-state index contributed by atoms with van der Waals surface area (Å²) >= 11 is 0. The largest absolute Gasteiger partial charge is 0.336 e. The predicted octanol–water partition coefficient (Wildman–Crippen LogP) is -1.60. The molecule has 0 spiro atoms. The third kappa shape index (κ3) is 1.95. The van der Waals surface area contributed by atoms with E-state index in [0.717, 1.165) is 4.90 Å². The Kier molecular flexibility index (Phi) is 2.95. The minimum absolute atomic E-state index is 0.154. The highest BCUT2D eigenvalue weighted by Gasteiger charge is 2.30. The lowest BCUT2D eigenvalue weighted by molar-refractivity contribution is -0.144. The lowest BCUT2D eigenvalue weighted by Gasteiger charge is -2.15. The highest BCUT2D eigenvalue weighted by Crippen LogP contribution is 2.04. The van der Waals surface area contributed by atoms with E-state index in [4.69, 9.17) is 0 Å². The van der Waals surface area contributed by atoms with E-state index in [2.05, 4.69) is 0 Å². The summed E-state index contributed by atoms with van der Waals surface area (Å²) in [6.07, 6.45) is 0.113. The molecule has 76 valence electrons. The quantitative estimate of drug-likeness (QED) is 0.304. The summed E-state index contributed by atoms with van der Waals surface area (Å²) < 4.78 is 0. The molecule has 1 rings (SSSR count). The van der Waals surface area contributed by atoms with E-state index in [1.807, 2.05) is 0 Å². The van der Waals surface area contributed by atoms with Gasteiger partial charge in [0.15, 0.2) is 0 Å². The second kappa shape index (κ2) is 3.99. The topological polar surface area (TPSA) is 74.8 Å². The zero-order valence-corrected chi connectivity index (χ0v) is 7.73. The van der Waals surface area contributed by atoms with Crippen LogP contribution in [0.4, 0.5) is 0 Å². The van der Waals surface area contributed by atoms with Crippen LogP contribution in [0.3, 0.4) is 0 Å². The Labute approximate surface area is 80.5 Å². The molecule has 0 aromatic rings. The van der Waals surface area contributed by atoms with Gasteiger partial charge in [-0.1, -0.05) is 0 Å². The molecule has 0 aromatic carbocycles. The molecule has 1 aliphatic heterocycles. The molecule has 0 radical (unpaired) electrons. The predicted molar refractivity (Wildman–Crippen MR) is 45.0 cm³/mol. The van der Waals surface area contributed by atoms with E-state index in [0.29, 0.717) is 6.29 Å². The first kappa shape index (κ1) is 10.4. The van der Waals surface area contributed by atoms with Crippen LogP contribution in [0.25, 0.3) is 0 Å². The summed E-state index contributed by atoms with van der Waals surface area (Å²) in [6, 6.07) is 0. The first-order chi connectivity index (χ1) is 6.56. The molecule has 14 heavy (non-hydrogen) atoms. The van der Waals surface area contributed by atoms with Gasteiger partial charge in [-0.2, -0.15) is 0 Å². The van der Waals surface area contributed by atoms with Crippen LogP contribution in [0.2, 0.25) is 0 Å². The number of rotatable bonds is 2. The number of carbonyl (C=O) groups is 4. The number of aldehydes is 1. The van der Waals surface area contributed by atoms with Crippen molar-refractivity contribution in [2.45, 2.75) is 6.42 Å². The lowest BCUT2D eigenvalue weighted by atomic mass is 10.3. The monoisotopic (exact) mass is 198 g/mol. The van der Waals surface area contributed by atoms with Crippen LogP contribution in [0.1, 0.15) is 6.42 Å². The van der Waals surface area contributed by atoms with Gasteiger partial charge < -0.3 is 9.69 Å². The van der Waals surface area contributed by atoms with Gasteiger partial charge in [-0.25, -0.2) is 0 Å². The Morgan fingerprint density at radius 3 is 2.43 bits per heavy atom. The Balaban J connectivity index is 2.86. The summed E-state index contributed by atoms with van der Waals surface area (Å²) in [7, 11) is 1.44. The number of hydrogen-bond donors (Lipinski definition) is 0. The molecule has 6 heteroatoms. The Morgan fingerprint density at radius 1 is 1.21 bits per heavy atom. The van der Waals surface area contributed by atoms with Crippen molar-refractivity contribution in [3.63, 3.8) is 0 Å². The summed E-state index contributed by atoms with van der Waals surface area (Å²) in [5.41, 5.74) is 0. The van der Waals surface area contributed by atoms with Crippen molar-refractivity contribution in [2.24, 2.45) is 0 Å². The average Bonchev–Trinajstić information content (AvgIpc) is 2.19. The van der Waals surface area contributed by atoms with Gasteiger partial charge >= 0.3 is 0 Å². The number of likely N-dealkylation sites (N-methyl/N-ethyl adjacent to an activating group) is 1. The molecule has 3 amide bonds. The third-order valence-corrected chi connectivity index (χ3v) is 1.96. The Morgan fingerprint density at radius 2 is 1.86 bits per heavy atom. The van der Waals surface area contributed by atoms with Crippen molar-refractivity contribution in [3.8, 4) is 0 Å². The molecule has 1 fully saturated rings. The fraction of sp³-hybridized carbons (Fsp3) is 0.500. The number of hydrogen-bond acceptors (Lipinski definition) is 4. The fourth-order valence-electron chi connectivity index (χ4n) is 1.15. The molecule has 0 atom stereocenters. The normalized spacial score (nSPS) is 18.5. The maximum atomic E-state index is 11.3. The molecule has 0 aliphatic carbocycles. The molecule has 0 saturated carbocycles. The highest BCUT2D eigenvalue weighted by atomic mass is 16.2. The maximum absolute atomic E-state index is 11.3. The van der Waals surface area contributed by atoms with Gasteiger partial charge in [0.2, 0.25) is 17.7 Å².